The summed E-state index contributed by atoms with van der Waals surface area (Å²) in [5, 5.41) is 9.01. The minimum Gasteiger partial charge on any atom is -0.497 e. The number of aromatic nitrogens is 1. The van der Waals surface area contributed by atoms with Gasteiger partial charge in [0.2, 0.25) is 5.91 Å². The predicted octanol–water partition coefficient (Wildman–Crippen LogP) is 5.67. The van der Waals surface area contributed by atoms with Crippen LogP contribution in [0, 0.1) is 0 Å². The Hall–Kier alpha value is -3.56. The normalized spacial score (nSPS) is 14.0. The van der Waals surface area contributed by atoms with E-state index in [9.17, 15) is 14.4 Å². The molecule has 7 nitrogen and oxygen atoms in total. The van der Waals surface area contributed by atoms with Crippen molar-refractivity contribution >= 4 is 50.4 Å². The first-order valence-electron chi connectivity index (χ1n) is 12.7. The predicted molar refractivity (Wildman–Crippen MR) is 150 cm³/mol. The second-order valence-electron chi connectivity index (χ2n) is 9.32. The molecule has 2 amide bonds. The highest BCUT2D eigenvalue weighted by molar-refractivity contribution is 7.17. The van der Waals surface area contributed by atoms with Gasteiger partial charge in [0.15, 0.2) is 5.78 Å². The maximum absolute atomic E-state index is 12.7. The molecular formula is C29H29N3O4S2. The molecular weight excluding hydrogens is 518 g/mol. The SMILES string of the molecule is COc1ccc(C(=O)CCC(=O)N2CCC(c3nc(C(=O)NCc4csc5ccccc45)cs3)CC2)cc1. The summed E-state index contributed by atoms with van der Waals surface area (Å²) >= 11 is 3.18. The van der Waals surface area contributed by atoms with E-state index in [1.165, 1.54) is 21.4 Å². The van der Waals surface area contributed by atoms with E-state index < -0.39 is 0 Å². The molecule has 1 fully saturated rings. The van der Waals surface area contributed by atoms with Gasteiger partial charge < -0.3 is 15.0 Å². The number of benzene rings is 2. The molecule has 0 bridgehead atoms. The lowest BCUT2D eigenvalue weighted by atomic mass is 9.97. The van der Waals surface area contributed by atoms with Crippen LogP contribution in [-0.4, -0.2) is 47.7 Å². The van der Waals surface area contributed by atoms with E-state index in [1.807, 2.05) is 22.4 Å². The zero-order valence-electron chi connectivity index (χ0n) is 21.1. The Kier molecular flexibility index (Phi) is 8.14. The monoisotopic (exact) mass is 547 g/mol. The lowest BCUT2D eigenvalue weighted by Crippen LogP contribution is -2.38. The molecule has 1 N–H and O–H groups in total. The number of hydrogen-bond donors (Lipinski definition) is 1. The highest BCUT2D eigenvalue weighted by Crippen LogP contribution is 2.31. The molecule has 0 saturated carbocycles. The van der Waals surface area contributed by atoms with Crippen molar-refractivity contribution in [3.8, 4) is 5.75 Å². The topological polar surface area (TPSA) is 88.6 Å². The summed E-state index contributed by atoms with van der Waals surface area (Å²) in [5.74, 6) is 0.715. The number of hydrogen-bond acceptors (Lipinski definition) is 7. The van der Waals surface area contributed by atoms with Crippen LogP contribution in [0.5, 0.6) is 5.75 Å². The zero-order chi connectivity index (χ0) is 26.5. The highest BCUT2D eigenvalue weighted by atomic mass is 32.1. The molecule has 0 radical (unpaired) electrons. The smallest absolute Gasteiger partial charge is 0.271 e. The fourth-order valence-corrected chi connectivity index (χ4v) is 6.62. The van der Waals surface area contributed by atoms with Crippen LogP contribution in [0.25, 0.3) is 10.1 Å². The minimum absolute atomic E-state index is 0.00507. The van der Waals surface area contributed by atoms with Gasteiger partial charge in [0, 0.05) is 54.0 Å². The Morgan fingerprint density at radius 1 is 1.00 bits per heavy atom. The number of likely N-dealkylation sites (tertiary alicyclic amines) is 1. The maximum atomic E-state index is 12.7. The average molecular weight is 548 g/mol. The molecule has 196 valence electrons. The van der Waals surface area contributed by atoms with Crippen molar-refractivity contribution in [2.75, 3.05) is 20.2 Å². The third-order valence-corrected chi connectivity index (χ3v) is 8.95. The number of piperidine rings is 1. The van der Waals surface area contributed by atoms with Crippen LogP contribution in [0.3, 0.4) is 0 Å². The van der Waals surface area contributed by atoms with Crippen molar-refractivity contribution in [3.63, 3.8) is 0 Å². The number of ketones is 1. The van der Waals surface area contributed by atoms with E-state index in [-0.39, 0.29) is 36.4 Å². The van der Waals surface area contributed by atoms with E-state index in [1.54, 1.807) is 42.7 Å². The first kappa shape index (κ1) is 26.1. The quantitative estimate of drug-likeness (QED) is 0.273. The van der Waals surface area contributed by atoms with E-state index in [0.29, 0.717) is 36.6 Å². The Labute approximate surface area is 229 Å². The fraction of sp³-hybridized carbons (Fsp3) is 0.310. The lowest BCUT2D eigenvalue weighted by Gasteiger charge is -2.31. The Morgan fingerprint density at radius 3 is 2.53 bits per heavy atom. The second-order valence-corrected chi connectivity index (χ2v) is 11.1. The molecule has 0 aliphatic carbocycles. The van der Waals surface area contributed by atoms with Gasteiger partial charge in [-0.2, -0.15) is 0 Å². The van der Waals surface area contributed by atoms with Crippen molar-refractivity contribution in [3.05, 3.63) is 81.1 Å². The first-order valence-corrected chi connectivity index (χ1v) is 14.4. The number of carbonyl (C=O) groups is 3. The summed E-state index contributed by atoms with van der Waals surface area (Å²) in [6.45, 7) is 1.73. The van der Waals surface area contributed by atoms with Crippen molar-refractivity contribution < 1.29 is 19.1 Å². The molecule has 0 atom stereocenters. The number of nitrogens with zero attached hydrogens (tertiary/aromatic N) is 2. The van der Waals surface area contributed by atoms with Gasteiger partial charge in [0.05, 0.1) is 12.1 Å². The van der Waals surface area contributed by atoms with Crippen LogP contribution in [0.1, 0.15) is 63.0 Å². The van der Waals surface area contributed by atoms with Crippen molar-refractivity contribution in [2.24, 2.45) is 0 Å². The highest BCUT2D eigenvalue weighted by Gasteiger charge is 2.26. The Morgan fingerprint density at radius 2 is 1.76 bits per heavy atom. The van der Waals surface area contributed by atoms with Crippen molar-refractivity contribution in [1.82, 2.24) is 15.2 Å². The molecule has 2 aromatic carbocycles. The largest absolute Gasteiger partial charge is 0.497 e. The fourth-order valence-electron chi connectivity index (χ4n) is 4.69. The molecule has 5 rings (SSSR count). The summed E-state index contributed by atoms with van der Waals surface area (Å²) in [4.78, 5) is 44.3. The number of thiophene rings is 1. The van der Waals surface area contributed by atoms with Crippen LogP contribution >= 0.6 is 22.7 Å². The van der Waals surface area contributed by atoms with Gasteiger partial charge in [-0.05, 0) is 59.5 Å². The molecule has 0 spiro atoms. The van der Waals surface area contributed by atoms with Gasteiger partial charge in [0.25, 0.3) is 5.91 Å². The number of amides is 2. The second kappa shape index (κ2) is 11.9. The van der Waals surface area contributed by atoms with Gasteiger partial charge in [-0.3, -0.25) is 14.4 Å². The number of rotatable bonds is 9. The number of nitrogens with one attached hydrogen (secondary N) is 1. The molecule has 9 heteroatoms. The summed E-state index contributed by atoms with van der Waals surface area (Å²) < 4.78 is 6.33. The third kappa shape index (κ3) is 5.95. The van der Waals surface area contributed by atoms with Crippen molar-refractivity contribution in [2.45, 2.75) is 38.1 Å². The van der Waals surface area contributed by atoms with Gasteiger partial charge in [0.1, 0.15) is 11.4 Å². The number of carbonyl (C=O) groups excluding carboxylic acids is 3. The summed E-state index contributed by atoms with van der Waals surface area (Å²) in [7, 11) is 1.58. The number of Topliss-reactive ketones (excluding diaryl/α,β-unsaturated/α-hetero) is 1. The molecule has 0 unspecified atom stereocenters. The molecule has 1 saturated heterocycles. The Balaban J connectivity index is 1.08. The van der Waals surface area contributed by atoms with E-state index in [0.717, 1.165) is 23.4 Å². The van der Waals surface area contributed by atoms with Crippen LogP contribution in [0.2, 0.25) is 0 Å². The number of fused-ring (bicyclic) bond motifs is 1. The number of methoxy groups -OCH3 is 1. The van der Waals surface area contributed by atoms with E-state index in [2.05, 4.69) is 27.8 Å². The lowest BCUT2D eigenvalue weighted by molar-refractivity contribution is -0.132. The summed E-state index contributed by atoms with van der Waals surface area (Å²) in [6.07, 6.45) is 2.00. The van der Waals surface area contributed by atoms with Crippen LogP contribution in [0.4, 0.5) is 0 Å². The molecule has 38 heavy (non-hydrogen) atoms. The number of ether oxygens (including phenoxy) is 1. The van der Waals surface area contributed by atoms with Gasteiger partial charge in [-0.25, -0.2) is 4.98 Å². The average Bonchev–Trinajstić information content (AvgIpc) is 3.62. The van der Waals surface area contributed by atoms with Crippen molar-refractivity contribution in [1.29, 1.82) is 0 Å². The molecule has 4 aromatic rings. The Bertz CT molecular complexity index is 1440. The summed E-state index contributed by atoms with van der Waals surface area (Å²) in [6, 6.07) is 15.1. The summed E-state index contributed by atoms with van der Waals surface area (Å²) in [5.41, 5.74) is 2.14. The zero-order valence-corrected chi connectivity index (χ0v) is 22.8. The van der Waals surface area contributed by atoms with Crippen LogP contribution < -0.4 is 10.1 Å². The van der Waals surface area contributed by atoms with Crippen LogP contribution in [0.15, 0.2) is 59.3 Å². The molecule has 3 heterocycles. The van der Waals surface area contributed by atoms with E-state index >= 15 is 0 Å². The number of thiazole rings is 1. The molecule has 1 aliphatic rings. The van der Waals surface area contributed by atoms with Crippen LogP contribution in [-0.2, 0) is 11.3 Å². The molecule has 1 aliphatic heterocycles. The van der Waals surface area contributed by atoms with Gasteiger partial charge >= 0.3 is 0 Å². The third-order valence-electron chi connectivity index (χ3n) is 6.93. The maximum Gasteiger partial charge on any atom is 0.271 e. The first-order chi connectivity index (χ1) is 18.5. The molecule has 2 aromatic heterocycles. The standard InChI is InChI=1S/C29H29N3O4S2/c1-36-22-8-6-19(7-9-22)25(33)10-11-27(34)32-14-12-20(13-15-32)29-31-24(18-38-29)28(35)30-16-21-17-37-26-5-3-2-4-23(21)26/h2-9,17-18,20H,10-16H2,1H3,(H,30,35). The van der Waals surface area contributed by atoms with Gasteiger partial charge in [-0.1, -0.05) is 18.2 Å². The minimum atomic E-state index is -0.170. The van der Waals surface area contributed by atoms with E-state index in [4.69, 9.17) is 4.74 Å². The van der Waals surface area contributed by atoms with Gasteiger partial charge in [-0.15, -0.1) is 22.7 Å².